The molecule has 0 fully saturated rings. The normalized spacial score (nSPS) is 11.1. The summed E-state index contributed by atoms with van der Waals surface area (Å²) < 4.78 is 0. The molecule has 1 aromatic heterocycles. The van der Waals surface area contributed by atoms with Gasteiger partial charge >= 0.3 is 0 Å². The number of hydrogen-bond acceptors (Lipinski definition) is 2. The first-order chi connectivity index (χ1) is 7.35. The zero-order valence-electron chi connectivity index (χ0n) is 8.66. The highest BCUT2D eigenvalue weighted by Crippen LogP contribution is 2.20. The van der Waals surface area contributed by atoms with E-state index in [9.17, 15) is 0 Å². The predicted octanol–water partition coefficient (Wildman–Crippen LogP) is 1.20. The predicted molar refractivity (Wildman–Crippen MR) is 61.8 cm³/mol. The zero-order chi connectivity index (χ0) is 10.7. The SMILES string of the molecule is NCCc1c[nH]c2ccc(CCO)cc12. The van der Waals surface area contributed by atoms with Gasteiger partial charge in [0, 0.05) is 23.7 Å². The van der Waals surface area contributed by atoms with Gasteiger partial charge in [-0.15, -0.1) is 0 Å². The first kappa shape index (κ1) is 10.2. The Hall–Kier alpha value is -1.32. The molecule has 2 aromatic rings. The van der Waals surface area contributed by atoms with Crippen LogP contribution in [-0.4, -0.2) is 23.2 Å². The molecule has 4 N–H and O–H groups in total. The van der Waals surface area contributed by atoms with Gasteiger partial charge in [-0.1, -0.05) is 6.07 Å². The number of benzene rings is 1. The molecule has 0 radical (unpaired) electrons. The number of rotatable bonds is 4. The maximum absolute atomic E-state index is 8.89. The van der Waals surface area contributed by atoms with E-state index in [1.165, 1.54) is 16.5 Å². The fourth-order valence-corrected chi connectivity index (χ4v) is 1.87. The van der Waals surface area contributed by atoms with E-state index in [1.54, 1.807) is 0 Å². The van der Waals surface area contributed by atoms with Crippen molar-refractivity contribution in [2.75, 3.05) is 13.2 Å². The summed E-state index contributed by atoms with van der Waals surface area (Å²) in [6.07, 6.45) is 3.62. The lowest BCUT2D eigenvalue weighted by molar-refractivity contribution is 0.299. The van der Waals surface area contributed by atoms with Crippen LogP contribution < -0.4 is 5.73 Å². The third kappa shape index (κ3) is 2.03. The van der Waals surface area contributed by atoms with Crippen molar-refractivity contribution in [3.8, 4) is 0 Å². The quantitative estimate of drug-likeness (QED) is 0.701. The molecule has 0 aliphatic rings. The molecule has 15 heavy (non-hydrogen) atoms. The Bertz CT molecular complexity index is 448. The van der Waals surface area contributed by atoms with Gasteiger partial charge in [0.05, 0.1) is 0 Å². The van der Waals surface area contributed by atoms with E-state index in [-0.39, 0.29) is 6.61 Å². The average Bonchev–Trinajstić information content (AvgIpc) is 2.63. The summed E-state index contributed by atoms with van der Waals surface area (Å²) >= 11 is 0. The molecule has 0 aliphatic carbocycles. The van der Waals surface area contributed by atoms with E-state index in [0.29, 0.717) is 13.0 Å². The maximum Gasteiger partial charge on any atom is 0.0471 e. The molecule has 0 saturated heterocycles. The monoisotopic (exact) mass is 204 g/mol. The van der Waals surface area contributed by atoms with Crippen LogP contribution in [0.15, 0.2) is 24.4 Å². The van der Waals surface area contributed by atoms with E-state index in [2.05, 4.69) is 17.1 Å². The van der Waals surface area contributed by atoms with E-state index < -0.39 is 0 Å². The van der Waals surface area contributed by atoms with Crippen LogP contribution in [0.5, 0.6) is 0 Å². The fourth-order valence-electron chi connectivity index (χ4n) is 1.87. The second-order valence-corrected chi connectivity index (χ2v) is 3.71. The van der Waals surface area contributed by atoms with Crippen LogP contribution in [0, 0.1) is 0 Å². The molecule has 1 heterocycles. The molecule has 0 spiro atoms. The Morgan fingerprint density at radius 2 is 2.13 bits per heavy atom. The molecular formula is C12H16N2O. The molecule has 0 aliphatic heterocycles. The molecule has 2 rings (SSSR count). The number of aromatic amines is 1. The van der Waals surface area contributed by atoms with Crippen LogP contribution >= 0.6 is 0 Å². The van der Waals surface area contributed by atoms with Crippen molar-refractivity contribution in [1.82, 2.24) is 4.98 Å². The first-order valence-corrected chi connectivity index (χ1v) is 5.25. The number of aliphatic hydroxyl groups excluding tert-OH is 1. The standard InChI is InChI=1S/C12H16N2O/c13-5-3-10-8-14-12-2-1-9(4-6-15)7-11(10)12/h1-2,7-8,14-15H,3-6,13H2. The number of H-pyrrole nitrogens is 1. The molecule has 1 aromatic carbocycles. The Kier molecular flexibility index (Phi) is 3.04. The maximum atomic E-state index is 8.89. The lowest BCUT2D eigenvalue weighted by atomic mass is 10.1. The third-order valence-electron chi connectivity index (χ3n) is 2.65. The van der Waals surface area contributed by atoms with Crippen molar-refractivity contribution < 1.29 is 5.11 Å². The molecule has 0 atom stereocenters. The zero-order valence-corrected chi connectivity index (χ0v) is 8.66. The number of aliphatic hydroxyl groups is 1. The lowest BCUT2D eigenvalue weighted by Crippen LogP contribution is -2.01. The Morgan fingerprint density at radius 1 is 1.27 bits per heavy atom. The molecular weight excluding hydrogens is 188 g/mol. The Labute approximate surface area is 88.9 Å². The van der Waals surface area contributed by atoms with Gasteiger partial charge in [-0.3, -0.25) is 0 Å². The van der Waals surface area contributed by atoms with Gasteiger partial charge in [0.25, 0.3) is 0 Å². The van der Waals surface area contributed by atoms with Crippen LogP contribution in [0.2, 0.25) is 0 Å². The van der Waals surface area contributed by atoms with Gasteiger partial charge in [0.15, 0.2) is 0 Å². The van der Waals surface area contributed by atoms with E-state index in [1.807, 2.05) is 12.3 Å². The Morgan fingerprint density at radius 3 is 2.87 bits per heavy atom. The van der Waals surface area contributed by atoms with Gasteiger partial charge in [-0.25, -0.2) is 0 Å². The molecule has 0 bridgehead atoms. The number of hydrogen-bond donors (Lipinski definition) is 3. The second kappa shape index (κ2) is 4.47. The number of nitrogens with two attached hydrogens (primary N) is 1. The van der Waals surface area contributed by atoms with Gasteiger partial charge in [0.2, 0.25) is 0 Å². The number of nitrogens with one attached hydrogen (secondary N) is 1. The minimum absolute atomic E-state index is 0.197. The summed E-state index contributed by atoms with van der Waals surface area (Å²) in [5.74, 6) is 0. The second-order valence-electron chi connectivity index (χ2n) is 3.71. The highest BCUT2D eigenvalue weighted by atomic mass is 16.2. The summed E-state index contributed by atoms with van der Waals surface area (Å²) in [6.45, 7) is 0.860. The highest BCUT2D eigenvalue weighted by molar-refractivity contribution is 5.83. The van der Waals surface area contributed by atoms with Crippen LogP contribution in [0.3, 0.4) is 0 Å². The molecule has 3 heteroatoms. The molecule has 80 valence electrons. The molecule has 0 unspecified atom stereocenters. The van der Waals surface area contributed by atoms with Crippen molar-refractivity contribution in [3.63, 3.8) is 0 Å². The van der Waals surface area contributed by atoms with Gasteiger partial charge in [0.1, 0.15) is 0 Å². The topological polar surface area (TPSA) is 62.0 Å². The summed E-state index contributed by atoms with van der Waals surface area (Å²) in [5, 5.41) is 10.1. The fraction of sp³-hybridized carbons (Fsp3) is 0.333. The van der Waals surface area contributed by atoms with Gasteiger partial charge < -0.3 is 15.8 Å². The van der Waals surface area contributed by atoms with Crippen molar-refractivity contribution in [1.29, 1.82) is 0 Å². The van der Waals surface area contributed by atoms with Crippen molar-refractivity contribution in [2.45, 2.75) is 12.8 Å². The molecule has 0 amide bonds. The van der Waals surface area contributed by atoms with Crippen LogP contribution in [0.1, 0.15) is 11.1 Å². The largest absolute Gasteiger partial charge is 0.396 e. The van der Waals surface area contributed by atoms with E-state index in [0.717, 1.165) is 11.9 Å². The summed E-state index contributed by atoms with van der Waals surface area (Å²) in [5.41, 5.74) is 9.12. The summed E-state index contributed by atoms with van der Waals surface area (Å²) in [6, 6.07) is 6.23. The summed E-state index contributed by atoms with van der Waals surface area (Å²) in [4.78, 5) is 3.22. The van der Waals surface area contributed by atoms with Crippen LogP contribution in [-0.2, 0) is 12.8 Å². The van der Waals surface area contributed by atoms with Crippen LogP contribution in [0.4, 0.5) is 0 Å². The van der Waals surface area contributed by atoms with E-state index in [4.69, 9.17) is 10.8 Å². The number of aromatic nitrogens is 1. The molecule has 3 nitrogen and oxygen atoms in total. The number of fused-ring (bicyclic) bond motifs is 1. The van der Waals surface area contributed by atoms with Gasteiger partial charge in [-0.05, 0) is 42.6 Å². The van der Waals surface area contributed by atoms with E-state index >= 15 is 0 Å². The Balaban J connectivity index is 2.42. The molecule has 0 saturated carbocycles. The van der Waals surface area contributed by atoms with Crippen molar-refractivity contribution >= 4 is 10.9 Å². The third-order valence-corrected chi connectivity index (χ3v) is 2.65. The first-order valence-electron chi connectivity index (χ1n) is 5.25. The minimum atomic E-state index is 0.197. The minimum Gasteiger partial charge on any atom is -0.396 e. The van der Waals surface area contributed by atoms with Crippen LogP contribution in [0.25, 0.3) is 10.9 Å². The summed E-state index contributed by atoms with van der Waals surface area (Å²) in [7, 11) is 0. The van der Waals surface area contributed by atoms with Crippen molar-refractivity contribution in [3.05, 3.63) is 35.5 Å². The average molecular weight is 204 g/mol. The van der Waals surface area contributed by atoms with Crippen molar-refractivity contribution in [2.24, 2.45) is 5.73 Å². The highest BCUT2D eigenvalue weighted by Gasteiger charge is 2.03. The smallest absolute Gasteiger partial charge is 0.0471 e. The lowest BCUT2D eigenvalue weighted by Gasteiger charge is -2.00. The van der Waals surface area contributed by atoms with Gasteiger partial charge in [-0.2, -0.15) is 0 Å².